The van der Waals surface area contributed by atoms with Crippen molar-refractivity contribution in [3.8, 4) is 0 Å². The molecule has 0 atom stereocenters. The smallest absolute Gasteiger partial charge is 0.234 e. The second-order valence-corrected chi connectivity index (χ2v) is 8.01. The summed E-state index contributed by atoms with van der Waals surface area (Å²) in [5, 5.41) is 4.14. The standard InChI is InChI=1S/C23H17ClFN3OS/c24-16-7-11-18(12-8-16)26-22(29)14-30-23-21(13-15-5-9-17(25)10-6-15)27-19-3-1-2-4-20(19)28-23/h1-12H,13-14H2,(H,26,29). The van der Waals surface area contributed by atoms with E-state index in [0.717, 1.165) is 22.3 Å². The molecule has 4 aromatic rings. The Kier molecular flexibility index (Phi) is 6.26. The summed E-state index contributed by atoms with van der Waals surface area (Å²) in [5.41, 5.74) is 3.91. The van der Waals surface area contributed by atoms with Crippen LogP contribution in [0.5, 0.6) is 0 Å². The fourth-order valence-corrected chi connectivity index (χ4v) is 3.82. The van der Waals surface area contributed by atoms with Crippen LogP contribution in [0.2, 0.25) is 5.02 Å². The molecule has 150 valence electrons. The van der Waals surface area contributed by atoms with E-state index in [1.165, 1.54) is 23.9 Å². The predicted molar refractivity (Wildman–Crippen MR) is 120 cm³/mol. The normalized spacial score (nSPS) is 10.9. The van der Waals surface area contributed by atoms with Crippen molar-refractivity contribution in [2.45, 2.75) is 11.4 Å². The number of thioether (sulfide) groups is 1. The van der Waals surface area contributed by atoms with Gasteiger partial charge in [0.15, 0.2) is 0 Å². The fraction of sp³-hybridized carbons (Fsp3) is 0.0870. The van der Waals surface area contributed by atoms with Crippen molar-refractivity contribution < 1.29 is 9.18 Å². The monoisotopic (exact) mass is 437 g/mol. The van der Waals surface area contributed by atoms with Crippen molar-refractivity contribution in [2.24, 2.45) is 0 Å². The number of hydrogen-bond acceptors (Lipinski definition) is 4. The van der Waals surface area contributed by atoms with Crippen LogP contribution in [0.3, 0.4) is 0 Å². The van der Waals surface area contributed by atoms with Gasteiger partial charge in [-0.15, -0.1) is 0 Å². The first kappa shape index (κ1) is 20.3. The molecule has 1 aromatic heterocycles. The van der Waals surface area contributed by atoms with Gasteiger partial charge in [0.05, 0.1) is 22.5 Å². The van der Waals surface area contributed by atoms with E-state index in [2.05, 4.69) is 5.32 Å². The number of hydrogen-bond donors (Lipinski definition) is 1. The Bertz CT molecular complexity index is 1180. The molecule has 0 saturated carbocycles. The second kappa shape index (κ2) is 9.24. The zero-order valence-electron chi connectivity index (χ0n) is 15.8. The topological polar surface area (TPSA) is 54.9 Å². The van der Waals surface area contributed by atoms with E-state index in [-0.39, 0.29) is 17.5 Å². The van der Waals surface area contributed by atoms with Gasteiger partial charge in [-0.2, -0.15) is 0 Å². The predicted octanol–water partition coefficient (Wildman–Crippen LogP) is 5.74. The number of nitrogens with one attached hydrogen (secondary N) is 1. The highest BCUT2D eigenvalue weighted by Crippen LogP contribution is 2.25. The number of para-hydroxylation sites is 2. The zero-order valence-corrected chi connectivity index (χ0v) is 17.4. The highest BCUT2D eigenvalue weighted by Gasteiger charge is 2.13. The molecular formula is C23H17ClFN3OS. The highest BCUT2D eigenvalue weighted by molar-refractivity contribution is 8.00. The first-order valence-corrected chi connectivity index (χ1v) is 10.6. The first-order chi connectivity index (χ1) is 14.6. The minimum absolute atomic E-state index is 0.148. The van der Waals surface area contributed by atoms with Crippen LogP contribution < -0.4 is 5.32 Å². The van der Waals surface area contributed by atoms with E-state index < -0.39 is 0 Å². The fourth-order valence-electron chi connectivity index (χ4n) is 2.91. The molecule has 0 saturated heterocycles. The maximum Gasteiger partial charge on any atom is 0.234 e. The van der Waals surface area contributed by atoms with Crippen LogP contribution >= 0.6 is 23.4 Å². The van der Waals surface area contributed by atoms with Crippen molar-refractivity contribution >= 4 is 46.0 Å². The van der Waals surface area contributed by atoms with Crippen LogP contribution in [0.4, 0.5) is 10.1 Å². The third-order valence-electron chi connectivity index (χ3n) is 4.36. The molecule has 7 heteroatoms. The third kappa shape index (κ3) is 5.14. The molecule has 3 aromatic carbocycles. The number of carbonyl (C=O) groups is 1. The van der Waals surface area contributed by atoms with E-state index in [0.29, 0.717) is 22.2 Å². The van der Waals surface area contributed by atoms with Crippen molar-refractivity contribution in [1.29, 1.82) is 0 Å². The van der Waals surface area contributed by atoms with Crippen LogP contribution in [0.1, 0.15) is 11.3 Å². The van der Waals surface area contributed by atoms with Gasteiger partial charge in [-0.1, -0.05) is 47.6 Å². The number of aromatic nitrogens is 2. The number of carbonyl (C=O) groups excluding carboxylic acids is 1. The van der Waals surface area contributed by atoms with Gasteiger partial charge in [0, 0.05) is 17.1 Å². The van der Waals surface area contributed by atoms with Crippen molar-refractivity contribution in [3.05, 3.63) is 94.9 Å². The van der Waals surface area contributed by atoms with Crippen LogP contribution in [0.15, 0.2) is 77.8 Å². The van der Waals surface area contributed by atoms with Gasteiger partial charge < -0.3 is 5.32 Å². The van der Waals surface area contributed by atoms with Crippen LogP contribution in [-0.4, -0.2) is 21.6 Å². The minimum atomic E-state index is -0.281. The molecule has 0 bridgehead atoms. The van der Waals surface area contributed by atoms with E-state index in [1.54, 1.807) is 36.4 Å². The summed E-state index contributed by atoms with van der Waals surface area (Å²) < 4.78 is 13.2. The van der Waals surface area contributed by atoms with Gasteiger partial charge in [0.1, 0.15) is 10.8 Å². The number of amides is 1. The molecule has 1 heterocycles. The van der Waals surface area contributed by atoms with Gasteiger partial charge in [-0.3, -0.25) is 4.79 Å². The number of fused-ring (bicyclic) bond motifs is 1. The lowest BCUT2D eigenvalue weighted by Gasteiger charge is -2.10. The largest absolute Gasteiger partial charge is 0.325 e. The van der Waals surface area contributed by atoms with E-state index in [1.807, 2.05) is 24.3 Å². The third-order valence-corrected chi connectivity index (χ3v) is 5.62. The summed E-state index contributed by atoms with van der Waals surface area (Å²) in [6.07, 6.45) is 0.499. The first-order valence-electron chi connectivity index (χ1n) is 9.25. The van der Waals surface area contributed by atoms with Gasteiger partial charge in [-0.05, 0) is 54.1 Å². The number of nitrogens with zero attached hydrogens (tertiary/aromatic N) is 2. The number of rotatable bonds is 6. The Labute approximate surface area is 182 Å². The molecule has 0 fully saturated rings. The number of anilines is 1. The highest BCUT2D eigenvalue weighted by atomic mass is 35.5. The zero-order chi connectivity index (χ0) is 20.9. The number of benzene rings is 3. The van der Waals surface area contributed by atoms with Crippen molar-refractivity contribution in [3.63, 3.8) is 0 Å². The molecule has 1 N–H and O–H groups in total. The van der Waals surface area contributed by atoms with Crippen molar-refractivity contribution in [2.75, 3.05) is 11.1 Å². The minimum Gasteiger partial charge on any atom is -0.325 e. The van der Waals surface area contributed by atoms with Crippen LogP contribution in [-0.2, 0) is 11.2 Å². The van der Waals surface area contributed by atoms with Gasteiger partial charge in [0.25, 0.3) is 0 Å². The Morgan fingerprint density at radius 2 is 1.60 bits per heavy atom. The van der Waals surface area contributed by atoms with Gasteiger partial charge in [-0.25, -0.2) is 14.4 Å². The Morgan fingerprint density at radius 1 is 0.933 bits per heavy atom. The van der Waals surface area contributed by atoms with Crippen molar-refractivity contribution in [1.82, 2.24) is 9.97 Å². The average Bonchev–Trinajstić information content (AvgIpc) is 2.75. The second-order valence-electron chi connectivity index (χ2n) is 6.61. The van der Waals surface area contributed by atoms with E-state index in [9.17, 15) is 9.18 Å². The summed E-state index contributed by atoms with van der Waals surface area (Å²) in [7, 11) is 0. The van der Waals surface area contributed by atoms with Crippen LogP contribution in [0, 0.1) is 5.82 Å². The number of halogens is 2. The molecule has 0 aliphatic rings. The Morgan fingerprint density at radius 3 is 2.30 bits per heavy atom. The summed E-state index contributed by atoms with van der Waals surface area (Å²) in [6.45, 7) is 0. The lowest BCUT2D eigenvalue weighted by atomic mass is 10.1. The molecule has 4 nitrogen and oxygen atoms in total. The molecule has 0 aliphatic heterocycles. The molecule has 0 spiro atoms. The maximum atomic E-state index is 13.2. The summed E-state index contributed by atoms with van der Waals surface area (Å²) in [6, 6.07) is 20.9. The van der Waals surface area contributed by atoms with Gasteiger partial charge >= 0.3 is 0 Å². The Balaban J connectivity index is 1.54. The molecule has 30 heavy (non-hydrogen) atoms. The molecule has 4 rings (SSSR count). The molecule has 1 amide bonds. The average molecular weight is 438 g/mol. The summed E-state index contributed by atoms with van der Waals surface area (Å²) >= 11 is 7.21. The molecule has 0 unspecified atom stereocenters. The van der Waals surface area contributed by atoms with E-state index in [4.69, 9.17) is 21.6 Å². The quantitative estimate of drug-likeness (QED) is 0.390. The molecular weight excluding hydrogens is 421 g/mol. The summed E-state index contributed by atoms with van der Waals surface area (Å²) in [5.74, 6) is -0.242. The van der Waals surface area contributed by atoms with E-state index >= 15 is 0 Å². The lowest BCUT2D eigenvalue weighted by molar-refractivity contribution is -0.113. The molecule has 0 radical (unpaired) electrons. The Hall–Kier alpha value is -2.96. The van der Waals surface area contributed by atoms with Crippen LogP contribution in [0.25, 0.3) is 11.0 Å². The molecule has 0 aliphatic carbocycles. The SMILES string of the molecule is O=C(CSc1nc2ccccc2nc1Cc1ccc(F)cc1)Nc1ccc(Cl)cc1. The maximum absolute atomic E-state index is 13.2. The summed E-state index contributed by atoms with van der Waals surface area (Å²) in [4.78, 5) is 21.8. The van der Waals surface area contributed by atoms with Gasteiger partial charge in [0.2, 0.25) is 5.91 Å². The lowest BCUT2D eigenvalue weighted by Crippen LogP contribution is -2.14.